The van der Waals surface area contributed by atoms with Crippen molar-refractivity contribution in [3.8, 4) is 0 Å². The second kappa shape index (κ2) is 6.06. The van der Waals surface area contributed by atoms with Gasteiger partial charge in [0.15, 0.2) is 0 Å². The SMILES string of the molecule is CCN1CCCC1c1ccccc1C1CCOCC1. The topological polar surface area (TPSA) is 12.5 Å². The fourth-order valence-corrected chi connectivity index (χ4v) is 3.75. The summed E-state index contributed by atoms with van der Waals surface area (Å²) < 4.78 is 5.52. The first kappa shape index (κ1) is 13.1. The van der Waals surface area contributed by atoms with Crippen molar-refractivity contribution in [2.75, 3.05) is 26.3 Å². The summed E-state index contributed by atoms with van der Waals surface area (Å²) in [6, 6.07) is 9.80. The Bertz CT molecular complexity index is 411. The molecule has 19 heavy (non-hydrogen) atoms. The Balaban J connectivity index is 1.88. The van der Waals surface area contributed by atoms with Crippen LogP contribution in [-0.2, 0) is 4.74 Å². The lowest BCUT2D eigenvalue weighted by atomic mass is 9.85. The van der Waals surface area contributed by atoms with E-state index in [-0.39, 0.29) is 0 Å². The normalized spacial score (nSPS) is 25.8. The zero-order valence-electron chi connectivity index (χ0n) is 12.0. The van der Waals surface area contributed by atoms with E-state index in [9.17, 15) is 0 Å². The summed E-state index contributed by atoms with van der Waals surface area (Å²) in [5.74, 6) is 0.712. The molecule has 0 saturated carbocycles. The molecule has 0 bridgehead atoms. The van der Waals surface area contributed by atoms with Crippen molar-refractivity contribution in [1.29, 1.82) is 0 Å². The average Bonchev–Trinajstić information content (AvgIpc) is 2.96. The van der Waals surface area contributed by atoms with Gasteiger partial charge in [-0.2, -0.15) is 0 Å². The molecule has 1 unspecified atom stereocenters. The molecule has 0 aliphatic carbocycles. The van der Waals surface area contributed by atoms with Crippen LogP contribution < -0.4 is 0 Å². The van der Waals surface area contributed by atoms with E-state index >= 15 is 0 Å². The number of ether oxygens (including phenoxy) is 1. The third-order valence-corrected chi connectivity index (χ3v) is 4.79. The van der Waals surface area contributed by atoms with Crippen LogP contribution in [0.5, 0.6) is 0 Å². The van der Waals surface area contributed by atoms with Gasteiger partial charge in [0.1, 0.15) is 0 Å². The molecule has 104 valence electrons. The predicted molar refractivity (Wildman–Crippen MR) is 78.5 cm³/mol. The van der Waals surface area contributed by atoms with Gasteiger partial charge in [-0.1, -0.05) is 31.2 Å². The van der Waals surface area contributed by atoms with Gasteiger partial charge in [-0.15, -0.1) is 0 Å². The van der Waals surface area contributed by atoms with Crippen LogP contribution in [0.4, 0.5) is 0 Å². The van der Waals surface area contributed by atoms with Crippen molar-refractivity contribution in [3.63, 3.8) is 0 Å². The number of rotatable bonds is 3. The number of nitrogens with zero attached hydrogens (tertiary/aromatic N) is 1. The highest BCUT2D eigenvalue weighted by molar-refractivity contribution is 5.34. The summed E-state index contributed by atoms with van der Waals surface area (Å²) in [4.78, 5) is 2.64. The van der Waals surface area contributed by atoms with Crippen LogP contribution in [0.2, 0.25) is 0 Å². The monoisotopic (exact) mass is 259 g/mol. The third kappa shape index (κ3) is 2.70. The van der Waals surface area contributed by atoms with E-state index in [2.05, 4.69) is 36.1 Å². The van der Waals surface area contributed by atoms with Gasteiger partial charge in [0.05, 0.1) is 0 Å². The van der Waals surface area contributed by atoms with E-state index in [1.54, 1.807) is 11.1 Å². The largest absolute Gasteiger partial charge is 0.381 e. The van der Waals surface area contributed by atoms with Gasteiger partial charge < -0.3 is 4.74 Å². The summed E-state index contributed by atoms with van der Waals surface area (Å²) in [6.07, 6.45) is 5.06. The molecule has 2 aliphatic heterocycles. The lowest BCUT2D eigenvalue weighted by molar-refractivity contribution is 0.0848. The molecular formula is C17H25NO. The fraction of sp³-hybridized carbons (Fsp3) is 0.647. The predicted octanol–water partition coefficient (Wildman–Crippen LogP) is 3.74. The summed E-state index contributed by atoms with van der Waals surface area (Å²) in [5, 5.41) is 0. The standard InChI is InChI=1S/C17H25NO/c1-2-18-11-5-8-17(18)16-7-4-3-6-15(16)14-9-12-19-13-10-14/h3-4,6-7,14,17H,2,5,8-13H2,1H3. The van der Waals surface area contributed by atoms with Crippen LogP contribution >= 0.6 is 0 Å². The maximum atomic E-state index is 5.52. The zero-order valence-corrected chi connectivity index (χ0v) is 12.0. The average molecular weight is 259 g/mol. The van der Waals surface area contributed by atoms with Crippen LogP contribution in [-0.4, -0.2) is 31.2 Å². The smallest absolute Gasteiger partial charge is 0.0471 e. The Labute approximate surface area is 116 Å². The summed E-state index contributed by atoms with van der Waals surface area (Å²) in [5.41, 5.74) is 3.19. The Morgan fingerprint density at radius 1 is 1.11 bits per heavy atom. The molecule has 2 heteroatoms. The first-order valence-corrected chi connectivity index (χ1v) is 7.80. The molecule has 0 N–H and O–H groups in total. The van der Waals surface area contributed by atoms with E-state index < -0.39 is 0 Å². The summed E-state index contributed by atoms with van der Waals surface area (Å²) in [6.45, 7) is 6.59. The molecule has 2 saturated heterocycles. The second-order valence-corrected chi connectivity index (χ2v) is 5.80. The Morgan fingerprint density at radius 2 is 1.84 bits per heavy atom. The highest BCUT2D eigenvalue weighted by Crippen LogP contribution is 2.38. The minimum Gasteiger partial charge on any atom is -0.381 e. The summed E-state index contributed by atoms with van der Waals surface area (Å²) in [7, 11) is 0. The molecule has 2 nitrogen and oxygen atoms in total. The molecule has 2 fully saturated rings. The zero-order chi connectivity index (χ0) is 13.1. The van der Waals surface area contributed by atoms with Crippen molar-refractivity contribution < 1.29 is 4.74 Å². The lowest BCUT2D eigenvalue weighted by Gasteiger charge is -2.30. The molecule has 1 atom stereocenters. The van der Waals surface area contributed by atoms with Gasteiger partial charge in [-0.05, 0) is 55.8 Å². The molecule has 3 rings (SSSR count). The van der Waals surface area contributed by atoms with Crippen molar-refractivity contribution >= 4 is 0 Å². The maximum absolute atomic E-state index is 5.52. The highest BCUT2D eigenvalue weighted by atomic mass is 16.5. The Morgan fingerprint density at radius 3 is 2.58 bits per heavy atom. The van der Waals surface area contributed by atoms with E-state index in [0.717, 1.165) is 13.2 Å². The van der Waals surface area contributed by atoms with Gasteiger partial charge >= 0.3 is 0 Å². The molecule has 0 spiro atoms. The van der Waals surface area contributed by atoms with Crippen LogP contribution in [0.1, 0.15) is 55.7 Å². The molecule has 1 aromatic carbocycles. The Hall–Kier alpha value is -0.860. The van der Waals surface area contributed by atoms with E-state index in [4.69, 9.17) is 4.74 Å². The number of likely N-dealkylation sites (tertiary alicyclic amines) is 1. The number of hydrogen-bond acceptors (Lipinski definition) is 2. The van der Waals surface area contributed by atoms with Crippen molar-refractivity contribution in [2.45, 2.75) is 44.6 Å². The van der Waals surface area contributed by atoms with Crippen LogP contribution in [0.3, 0.4) is 0 Å². The van der Waals surface area contributed by atoms with E-state index in [1.807, 2.05) is 0 Å². The van der Waals surface area contributed by atoms with Crippen LogP contribution in [0.15, 0.2) is 24.3 Å². The van der Waals surface area contributed by atoms with Gasteiger partial charge in [0, 0.05) is 19.3 Å². The fourth-order valence-electron chi connectivity index (χ4n) is 3.75. The second-order valence-electron chi connectivity index (χ2n) is 5.80. The summed E-state index contributed by atoms with van der Waals surface area (Å²) >= 11 is 0. The lowest BCUT2D eigenvalue weighted by Crippen LogP contribution is -2.24. The molecular weight excluding hydrogens is 234 g/mol. The maximum Gasteiger partial charge on any atom is 0.0471 e. The van der Waals surface area contributed by atoms with Gasteiger partial charge in [-0.25, -0.2) is 0 Å². The molecule has 1 aromatic rings. The van der Waals surface area contributed by atoms with Crippen molar-refractivity contribution in [2.24, 2.45) is 0 Å². The van der Waals surface area contributed by atoms with E-state index in [0.29, 0.717) is 12.0 Å². The molecule has 0 radical (unpaired) electrons. The first-order chi connectivity index (χ1) is 9.40. The minimum absolute atomic E-state index is 0.657. The van der Waals surface area contributed by atoms with Crippen molar-refractivity contribution in [3.05, 3.63) is 35.4 Å². The molecule has 0 amide bonds. The highest BCUT2D eigenvalue weighted by Gasteiger charge is 2.28. The van der Waals surface area contributed by atoms with Gasteiger partial charge in [0.2, 0.25) is 0 Å². The minimum atomic E-state index is 0.657. The van der Waals surface area contributed by atoms with Crippen LogP contribution in [0, 0.1) is 0 Å². The third-order valence-electron chi connectivity index (χ3n) is 4.79. The molecule has 2 aliphatic rings. The first-order valence-electron chi connectivity index (χ1n) is 7.80. The Kier molecular flexibility index (Phi) is 4.19. The number of hydrogen-bond donors (Lipinski definition) is 0. The van der Waals surface area contributed by atoms with Gasteiger partial charge in [0.25, 0.3) is 0 Å². The van der Waals surface area contributed by atoms with E-state index in [1.165, 1.54) is 38.8 Å². The number of benzene rings is 1. The van der Waals surface area contributed by atoms with Crippen LogP contribution in [0.25, 0.3) is 0 Å². The van der Waals surface area contributed by atoms with Gasteiger partial charge in [-0.3, -0.25) is 4.90 Å². The molecule has 0 aromatic heterocycles. The quantitative estimate of drug-likeness (QED) is 0.820. The van der Waals surface area contributed by atoms with Crippen molar-refractivity contribution in [1.82, 2.24) is 4.90 Å². The molecule has 2 heterocycles.